The van der Waals surface area contributed by atoms with E-state index in [1.165, 1.54) is 141 Å². The van der Waals surface area contributed by atoms with Gasteiger partial charge in [-0.2, -0.15) is 0 Å². The van der Waals surface area contributed by atoms with Crippen LogP contribution >= 0.6 is 7.82 Å². The van der Waals surface area contributed by atoms with Crippen molar-refractivity contribution in [3.63, 3.8) is 0 Å². The number of aliphatic hydroxyl groups is 2. The molecule has 0 saturated carbocycles. The Morgan fingerprint density at radius 3 is 1.52 bits per heavy atom. The van der Waals surface area contributed by atoms with E-state index in [1.807, 2.05) is 0 Å². The van der Waals surface area contributed by atoms with Crippen molar-refractivity contribution in [2.24, 2.45) is 5.73 Å². The fraction of sp³-hybridized carbons (Fsp3) is 0.929. The first-order valence-corrected chi connectivity index (χ1v) is 23.4. The lowest BCUT2D eigenvalue weighted by Crippen LogP contribution is -2.47. The Kier molecular flexibility index (Phi) is 37.9. The number of aliphatic hydroxyl groups excluding tert-OH is 2. The van der Waals surface area contributed by atoms with Crippen molar-refractivity contribution < 1.29 is 33.5 Å². The Balaban J connectivity index is 4.25. The molecule has 0 aromatic rings. The molecule has 4 atom stereocenters. The number of phosphoric acid groups is 1. The van der Waals surface area contributed by atoms with Crippen molar-refractivity contribution in [2.75, 3.05) is 19.8 Å². The summed E-state index contributed by atoms with van der Waals surface area (Å²) in [6.45, 7) is 4.03. The summed E-state index contributed by atoms with van der Waals surface area (Å²) in [5.74, 6) is -0.428. The van der Waals surface area contributed by atoms with Crippen LogP contribution in [0.15, 0.2) is 12.2 Å². The van der Waals surface area contributed by atoms with Gasteiger partial charge >= 0.3 is 7.82 Å². The number of carbonyl (C=O) groups is 1. The van der Waals surface area contributed by atoms with Gasteiger partial charge in [0, 0.05) is 6.54 Å². The smallest absolute Gasteiger partial charge is 0.393 e. The number of phosphoric ester groups is 1. The quantitative estimate of drug-likeness (QED) is 0.0235. The number of allylic oxidation sites excluding steroid dienone is 2. The normalized spacial score (nSPS) is 14.8. The van der Waals surface area contributed by atoms with Crippen LogP contribution in [0.3, 0.4) is 0 Å². The van der Waals surface area contributed by atoms with E-state index in [4.69, 9.17) is 14.8 Å². The second-order valence-electron chi connectivity index (χ2n) is 15.1. The van der Waals surface area contributed by atoms with Gasteiger partial charge in [0.05, 0.1) is 37.9 Å². The Bertz CT molecular complexity index is 847. The van der Waals surface area contributed by atoms with E-state index in [0.29, 0.717) is 12.8 Å². The van der Waals surface area contributed by atoms with E-state index < -0.39 is 32.0 Å². The van der Waals surface area contributed by atoms with Gasteiger partial charge in [-0.05, 0) is 38.5 Å². The number of hydrogen-bond donors (Lipinski definition) is 5. The molecule has 52 heavy (non-hydrogen) atoms. The Morgan fingerprint density at radius 1 is 0.635 bits per heavy atom. The maximum atomic E-state index is 12.8. The molecule has 0 saturated heterocycles. The lowest BCUT2D eigenvalue weighted by atomic mass is 10.0. The molecule has 0 heterocycles. The van der Waals surface area contributed by atoms with Gasteiger partial charge in [-0.3, -0.25) is 13.8 Å². The van der Waals surface area contributed by atoms with E-state index >= 15 is 0 Å². The minimum Gasteiger partial charge on any atom is -0.393 e. The zero-order valence-corrected chi connectivity index (χ0v) is 34.8. The highest BCUT2D eigenvalue weighted by Gasteiger charge is 2.28. The molecule has 1 amide bonds. The van der Waals surface area contributed by atoms with Gasteiger partial charge in [0.15, 0.2) is 0 Å². The highest BCUT2D eigenvalue weighted by Crippen LogP contribution is 2.43. The molecule has 0 rings (SSSR count). The molecule has 6 N–H and O–H groups in total. The first-order valence-electron chi connectivity index (χ1n) is 21.9. The molecule has 9 nitrogen and oxygen atoms in total. The fourth-order valence-electron chi connectivity index (χ4n) is 6.59. The molecule has 0 aromatic heterocycles. The standard InChI is InChI=1S/C42H85N2O7P/c1-3-5-7-9-11-13-15-16-17-18-19-20-21-22-24-26-28-30-32-34-41(46)40(38-51-52(48,49)50-36-35-43)44-42(47)37-39(45)33-31-29-27-25-23-14-12-10-8-6-4-2/h25,27,39-41,45-46H,3-24,26,28-38,43H2,1-2H3,(H,44,47)(H,48,49)/b27-25-. The van der Waals surface area contributed by atoms with Crippen LogP contribution < -0.4 is 11.1 Å². The zero-order chi connectivity index (χ0) is 38.4. The minimum atomic E-state index is -4.37. The highest BCUT2D eigenvalue weighted by atomic mass is 31.2. The number of unbranched alkanes of at least 4 members (excludes halogenated alkanes) is 25. The SMILES string of the molecule is CCCCCCCC/C=C\CCCC(O)CC(=O)NC(COP(=O)(O)OCCN)C(O)CCCCCCCCCCCCCCCCCCCCC. The molecule has 10 heteroatoms. The van der Waals surface area contributed by atoms with Gasteiger partial charge in [-0.25, -0.2) is 4.57 Å². The predicted molar refractivity (Wildman–Crippen MR) is 218 cm³/mol. The molecule has 4 unspecified atom stereocenters. The molecule has 0 fully saturated rings. The summed E-state index contributed by atoms with van der Waals surface area (Å²) in [7, 11) is -4.37. The lowest BCUT2D eigenvalue weighted by Gasteiger charge is -2.25. The van der Waals surface area contributed by atoms with Crippen molar-refractivity contribution in [1.29, 1.82) is 0 Å². The van der Waals surface area contributed by atoms with E-state index in [0.717, 1.165) is 38.5 Å². The molecule has 0 aliphatic rings. The summed E-state index contributed by atoms with van der Waals surface area (Å²) in [6.07, 6.45) is 38.3. The third-order valence-corrected chi connectivity index (χ3v) is 10.9. The number of carbonyl (C=O) groups excluding carboxylic acids is 1. The van der Waals surface area contributed by atoms with Crippen LogP contribution in [0.4, 0.5) is 0 Å². The molecule has 0 aliphatic carbocycles. The summed E-state index contributed by atoms with van der Waals surface area (Å²) in [5, 5.41) is 24.1. The van der Waals surface area contributed by atoms with E-state index in [9.17, 15) is 24.5 Å². The van der Waals surface area contributed by atoms with Crippen molar-refractivity contribution in [2.45, 2.75) is 231 Å². The molecule has 0 spiro atoms. The maximum Gasteiger partial charge on any atom is 0.472 e. The molecule has 310 valence electrons. The Hall–Kier alpha value is -0.800. The largest absolute Gasteiger partial charge is 0.472 e. The summed E-state index contributed by atoms with van der Waals surface area (Å²) < 4.78 is 22.1. The summed E-state index contributed by atoms with van der Waals surface area (Å²) in [5.41, 5.74) is 5.36. The van der Waals surface area contributed by atoms with Crippen LogP contribution in [0.5, 0.6) is 0 Å². The van der Waals surface area contributed by atoms with E-state index in [1.54, 1.807) is 0 Å². The molecular formula is C42H85N2O7P. The zero-order valence-electron chi connectivity index (χ0n) is 33.9. The summed E-state index contributed by atoms with van der Waals surface area (Å²) in [4.78, 5) is 22.7. The molecule has 0 bridgehead atoms. The van der Waals surface area contributed by atoms with Gasteiger partial charge in [0.2, 0.25) is 5.91 Å². The van der Waals surface area contributed by atoms with Crippen LogP contribution in [0.1, 0.15) is 213 Å². The lowest BCUT2D eigenvalue weighted by molar-refractivity contribution is -0.125. The van der Waals surface area contributed by atoms with Gasteiger partial charge in [-0.15, -0.1) is 0 Å². The Morgan fingerprint density at radius 2 is 1.06 bits per heavy atom. The first kappa shape index (κ1) is 51.2. The molecule has 0 aromatic carbocycles. The number of nitrogens with two attached hydrogens (primary N) is 1. The number of amides is 1. The third kappa shape index (κ3) is 36.2. The van der Waals surface area contributed by atoms with E-state index in [2.05, 4.69) is 31.3 Å². The average molecular weight is 761 g/mol. The van der Waals surface area contributed by atoms with Crippen molar-refractivity contribution in [3.8, 4) is 0 Å². The van der Waals surface area contributed by atoms with Crippen LogP contribution in [0.25, 0.3) is 0 Å². The van der Waals surface area contributed by atoms with Gasteiger partial charge in [-0.1, -0.05) is 180 Å². The van der Waals surface area contributed by atoms with E-state index in [-0.39, 0.29) is 26.2 Å². The minimum absolute atomic E-state index is 0.0584. The monoisotopic (exact) mass is 761 g/mol. The topological polar surface area (TPSA) is 151 Å². The van der Waals surface area contributed by atoms with Crippen molar-refractivity contribution in [3.05, 3.63) is 12.2 Å². The predicted octanol–water partition coefficient (Wildman–Crippen LogP) is 11.0. The average Bonchev–Trinajstić information content (AvgIpc) is 3.12. The second-order valence-corrected chi connectivity index (χ2v) is 16.6. The maximum absolute atomic E-state index is 12.8. The number of rotatable bonds is 41. The third-order valence-electron chi connectivity index (χ3n) is 9.92. The first-order chi connectivity index (χ1) is 25.3. The van der Waals surface area contributed by atoms with Gasteiger partial charge in [0.1, 0.15) is 0 Å². The molecule has 0 radical (unpaired) electrons. The second kappa shape index (κ2) is 38.5. The summed E-state index contributed by atoms with van der Waals surface area (Å²) >= 11 is 0. The van der Waals surface area contributed by atoms with Crippen LogP contribution in [-0.2, 0) is 18.4 Å². The van der Waals surface area contributed by atoms with Crippen molar-refractivity contribution >= 4 is 13.7 Å². The Labute approximate surface area is 320 Å². The molecular weight excluding hydrogens is 675 g/mol. The van der Waals surface area contributed by atoms with Gasteiger partial charge < -0.3 is 26.2 Å². The highest BCUT2D eigenvalue weighted by molar-refractivity contribution is 7.47. The number of hydrogen-bond acceptors (Lipinski definition) is 7. The van der Waals surface area contributed by atoms with Crippen LogP contribution in [-0.4, -0.2) is 59.0 Å². The van der Waals surface area contributed by atoms with Crippen LogP contribution in [0, 0.1) is 0 Å². The van der Waals surface area contributed by atoms with Crippen molar-refractivity contribution in [1.82, 2.24) is 5.32 Å². The van der Waals surface area contributed by atoms with Gasteiger partial charge in [0.25, 0.3) is 0 Å². The van der Waals surface area contributed by atoms with Crippen LogP contribution in [0.2, 0.25) is 0 Å². The number of nitrogens with one attached hydrogen (secondary N) is 1. The summed E-state index contributed by atoms with van der Waals surface area (Å²) in [6, 6.07) is -0.901. The fourth-order valence-corrected chi connectivity index (χ4v) is 7.35. The molecule has 0 aliphatic heterocycles.